The summed E-state index contributed by atoms with van der Waals surface area (Å²) in [4.78, 5) is 25.6. The smallest absolute Gasteiger partial charge is 0.406 e. The van der Waals surface area contributed by atoms with Gasteiger partial charge >= 0.3 is 5.82 Å². The Morgan fingerprint density at radius 1 is 1.68 bits per heavy atom. The van der Waals surface area contributed by atoms with Gasteiger partial charge in [0.05, 0.1) is 0 Å². The van der Waals surface area contributed by atoms with Crippen LogP contribution in [0.25, 0.3) is 0 Å². The zero-order valence-electron chi connectivity index (χ0n) is 10.8. The molecule has 0 aliphatic carbocycles. The molecule has 7 nitrogen and oxygen atoms in total. The number of nitrogens with one attached hydrogen (secondary N) is 1. The van der Waals surface area contributed by atoms with Crippen LogP contribution >= 0.6 is 0 Å². The molecule has 0 unspecified atom stereocenters. The minimum atomic E-state index is -0.858. The highest BCUT2D eigenvalue weighted by atomic mass is 16.6. The van der Waals surface area contributed by atoms with Crippen LogP contribution in [0.5, 0.6) is 5.75 Å². The first-order valence-corrected chi connectivity index (χ1v) is 5.63. The first-order valence-electron chi connectivity index (χ1n) is 5.63. The molecule has 1 heterocycles. The van der Waals surface area contributed by atoms with E-state index in [0.717, 1.165) is 0 Å². The van der Waals surface area contributed by atoms with Crippen LogP contribution in [0, 0.1) is 17.0 Å². The molecule has 0 spiro atoms. The van der Waals surface area contributed by atoms with Gasteiger partial charge in [0.1, 0.15) is 5.69 Å². The van der Waals surface area contributed by atoms with Gasteiger partial charge in [-0.25, -0.2) is 0 Å². The SMILES string of the molecule is C=CCNC(=O)[C@H](C)Oc1ccc(C)nc1[N+](=O)[O-]. The lowest BCUT2D eigenvalue weighted by molar-refractivity contribution is -0.390. The van der Waals surface area contributed by atoms with E-state index in [0.29, 0.717) is 12.2 Å². The van der Waals surface area contributed by atoms with Crippen molar-refractivity contribution in [1.82, 2.24) is 10.3 Å². The topological polar surface area (TPSA) is 94.4 Å². The zero-order chi connectivity index (χ0) is 14.4. The molecule has 0 bridgehead atoms. The third-order valence-electron chi connectivity index (χ3n) is 2.25. The first kappa shape index (κ1) is 14.6. The summed E-state index contributed by atoms with van der Waals surface area (Å²) in [6, 6.07) is 3.01. The summed E-state index contributed by atoms with van der Waals surface area (Å²) >= 11 is 0. The van der Waals surface area contributed by atoms with E-state index in [9.17, 15) is 14.9 Å². The van der Waals surface area contributed by atoms with Crippen LogP contribution in [0.3, 0.4) is 0 Å². The van der Waals surface area contributed by atoms with Crippen molar-refractivity contribution in [1.29, 1.82) is 0 Å². The molecule has 19 heavy (non-hydrogen) atoms. The van der Waals surface area contributed by atoms with Crippen molar-refractivity contribution in [3.8, 4) is 5.75 Å². The Labute approximate surface area is 110 Å². The maximum atomic E-state index is 11.6. The molecule has 0 aliphatic rings. The van der Waals surface area contributed by atoms with E-state index < -0.39 is 16.8 Å². The quantitative estimate of drug-likeness (QED) is 0.476. The van der Waals surface area contributed by atoms with Gasteiger partial charge in [0.2, 0.25) is 5.75 Å². The summed E-state index contributed by atoms with van der Waals surface area (Å²) in [5.74, 6) is -0.810. The number of amides is 1. The monoisotopic (exact) mass is 265 g/mol. The lowest BCUT2D eigenvalue weighted by atomic mass is 10.3. The van der Waals surface area contributed by atoms with E-state index in [-0.39, 0.29) is 11.7 Å². The fourth-order valence-corrected chi connectivity index (χ4v) is 1.31. The van der Waals surface area contributed by atoms with Gasteiger partial charge in [-0.1, -0.05) is 6.08 Å². The summed E-state index contributed by atoms with van der Waals surface area (Å²) in [7, 11) is 0. The van der Waals surface area contributed by atoms with E-state index in [4.69, 9.17) is 4.74 Å². The number of aryl methyl sites for hydroxylation is 1. The lowest BCUT2D eigenvalue weighted by Crippen LogP contribution is -2.36. The second kappa shape index (κ2) is 6.48. The maximum absolute atomic E-state index is 11.6. The number of ether oxygens (including phenoxy) is 1. The Hall–Kier alpha value is -2.44. The lowest BCUT2D eigenvalue weighted by Gasteiger charge is -2.13. The molecule has 1 aromatic heterocycles. The van der Waals surface area contributed by atoms with Crippen molar-refractivity contribution in [2.45, 2.75) is 20.0 Å². The fraction of sp³-hybridized carbons (Fsp3) is 0.333. The Bertz CT molecular complexity index is 502. The molecule has 0 saturated carbocycles. The summed E-state index contributed by atoms with van der Waals surface area (Å²) in [5.41, 5.74) is 0.503. The predicted molar refractivity (Wildman–Crippen MR) is 68.9 cm³/mol. The van der Waals surface area contributed by atoms with Crippen LogP contribution in [-0.2, 0) is 4.79 Å². The zero-order valence-corrected chi connectivity index (χ0v) is 10.8. The van der Waals surface area contributed by atoms with Crippen LogP contribution in [0.15, 0.2) is 24.8 Å². The van der Waals surface area contributed by atoms with Gasteiger partial charge in [0.15, 0.2) is 6.10 Å². The van der Waals surface area contributed by atoms with Crippen molar-refractivity contribution in [3.63, 3.8) is 0 Å². The van der Waals surface area contributed by atoms with E-state index in [1.165, 1.54) is 19.1 Å². The third-order valence-corrected chi connectivity index (χ3v) is 2.25. The van der Waals surface area contributed by atoms with E-state index >= 15 is 0 Å². The fourth-order valence-electron chi connectivity index (χ4n) is 1.31. The first-order chi connectivity index (χ1) is 8.95. The Kier molecular flexibility index (Phi) is 4.99. The van der Waals surface area contributed by atoms with E-state index in [1.54, 1.807) is 13.0 Å². The van der Waals surface area contributed by atoms with Crippen LogP contribution in [0.2, 0.25) is 0 Å². The molecule has 1 atom stereocenters. The summed E-state index contributed by atoms with van der Waals surface area (Å²) in [6.45, 7) is 6.91. The van der Waals surface area contributed by atoms with E-state index in [1.807, 2.05) is 0 Å². The third kappa shape index (κ3) is 4.06. The molecule has 0 radical (unpaired) electrons. The number of hydrogen-bond acceptors (Lipinski definition) is 5. The molecule has 102 valence electrons. The van der Waals surface area contributed by atoms with Gasteiger partial charge in [-0.15, -0.1) is 6.58 Å². The molecule has 0 aromatic carbocycles. The van der Waals surface area contributed by atoms with E-state index in [2.05, 4.69) is 16.9 Å². The van der Waals surface area contributed by atoms with Crippen molar-refractivity contribution >= 4 is 11.7 Å². The van der Waals surface area contributed by atoms with Crippen molar-refractivity contribution < 1.29 is 14.5 Å². The van der Waals surface area contributed by atoms with Gasteiger partial charge < -0.3 is 20.2 Å². The molecular weight excluding hydrogens is 250 g/mol. The minimum Gasteiger partial charge on any atom is -0.473 e. The number of hydrogen-bond donors (Lipinski definition) is 1. The highest BCUT2D eigenvalue weighted by Crippen LogP contribution is 2.25. The van der Waals surface area contributed by atoms with Crippen LogP contribution in [-0.4, -0.2) is 28.5 Å². The highest BCUT2D eigenvalue weighted by molar-refractivity contribution is 5.80. The van der Waals surface area contributed by atoms with Crippen LogP contribution in [0.1, 0.15) is 12.6 Å². The average Bonchev–Trinajstić information content (AvgIpc) is 2.37. The Morgan fingerprint density at radius 3 is 2.95 bits per heavy atom. The van der Waals surface area contributed by atoms with Gasteiger partial charge in [-0.3, -0.25) is 4.79 Å². The largest absolute Gasteiger partial charge is 0.473 e. The number of aromatic nitrogens is 1. The molecule has 7 heteroatoms. The highest BCUT2D eigenvalue weighted by Gasteiger charge is 2.22. The van der Waals surface area contributed by atoms with Gasteiger partial charge in [-0.05, 0) is 29.0 Å². The van der Waals surface area contributed by atoms with Crippen molar-refractivity contribution in [2.24, 2.45) is 0 Å². The minimum absolute atomic E-state index is 0.0307. The van der Waals surface area contributed by atoms with Crippen LogP contribution in [0.4, 0.5) is 5.82 Å². The Morgan fingerprint density at radius 2 is 2.37 bits per heavy atom. The van der Waals surface area contributed by atoms with Gasteiger partial charge in [-0.2, -0.15) is 0 Å². The van der Waals surface area contributed by atoms with Gasteiger partial charge in [0, 0.05) is 13.5 Å². The molecule has 0 saturated heterocycles. The number of nitrogens with zero attached hydrogens (tertiary/aromatic N) is 2. The molecule has 1 aromatic rings. The average molecular weight is 265 g/mol. The Balaban J connectivity index is 2.84. The molecule has 1 N–H and O–H groups in total. The van der Waals surface area contributed by atoms with Crippen molar-refractivity contribution in [3.05, 3.63) is 40.6 Å². The normalized spacial score (nSPS) is 11.5. The second-order valence-corrected chi connectivity index (χ2v) is 3.83. The summed E-state index contributed by atoms with van der Waals surface area (Å²) < 4.78 is 5.27. The molecule has 0 fully saturated rings. The van der Waals surface area contributed by atoms with Gasteiger partial charge in [0.25, 0.3) is 5.91 Å². The number of carbonyl (C=O) groups excluding carboxylic acids is 1. The molecule has 0 aliphatic heterocycles. The van der Waals surface area contributed by atoms with Crippen molar-refractivity contribution in [2.75, 3.05) is 6.54 Å². The number of rotatable bonds is 6. The molecular formula is C12H15N3O4. The summed E-state index contributed by atoms with van der Waals surface area (Å²) in [6.07, 6.45) is 0.670. The number of pyridine rings is 1. The molecule has 1 rings (SSSR count). The summed E-state index contributed by atoms with van der Waals surface area (Å²) in [5, 5.41) is 13.4. The second-order valence-electron chi connectivity index (χ2n) is 3.83. The molecule has 1 amide bonds. The van der Waals surface area contributed by atoms with Crippen LogP contribution < -0.4 is 10.1 Å². The standard InChI is InChI=1S/C12H15N3O4/c1-4-7-13-12(16)9(3)19-10-6-5-8(2)14-11(10)15(17)18/h4-6,9H,1,7H2,2-3H3,(H,13,16)/t9-/m0/s1. The maximum Gasteiger partial charge on any atom is 0.406 e. The predicted octanol–water partition coefficient (Wildman–Crippen LogP) is 1.37. The number of nitro groups is 1. The number of carbonyl (C=O) groups is 1.